The topological polar surface area (TPSA) is 43.1 Å². The van der Waals surface area contributed by atoms with E-state index in [1.165, 1.54) is 18.2 Å². The molecule has 0 N–H and O–H groups in total. The molecule has 2 heterocycles. The highest BCUT2D eigenvalue weighted by molar-refractivity contribution is 5.72. The van der Waals surface area contributed by atoms with Crippen LogP contribution in [-0.2, 0) is 6.18 Å². The van der Waals surface area contributed by atoms with Gasteiger partial charge in [-0.25, -0.2) is 0 Å². The van der Waals surface area contributed by atoms with Gasteiger partial charge in [-0.1, -0.05) is 0 Å². The van der Waals surface area contributed by atoms with Gasteiger partial charge in [0.1, 0.15) is 11.5 Å². The van der Waals surface area contributed by atoms with Crippen molar-refractivity contribution in [2.24, 2.45) is 0 Å². The van der Waals surface area contributed by atoms with Crippen LogP contribution in [0.3, 0.4) is 0 Å². The van der Waals surface area contributed by atoms with Crippen molar-refractivity contribution < 1.29 is 22.4 Å². The Bertz CT molecular complexity index is 528. The van der Waals surface area contributed by atoms with Crippen LogP contribution in [0.5, 0.6) is 0 Å². The molecule has 2 aromatic rings. The third-order valence-corrected chi connectivity index (χ3v) is 2.08. The summed E-state index contributed by atoms with van der Waals surface area (Å²) in [6, 6.07) is 5.02. The van der Waals surface area contributed by atoms with Crippen LogP contribution in [0.15, 0.2) is 34.9 Å². The number of aldehydes is 1. The van der Waals surface area contributed by atoms with Crippen molar-refractivity contribution in [2.75, 3.05) is 0 Å². The maximum atomic E-state index is 12.2. The standard InChI is InChI=1S/C11H6F3NO2/c12-11(13,14)10-4-1-7(5-15-10)9-3-2-8(6-16)17-9/h1-6H. The monoisotopic (exact) mass is 241 g/mol. The molecule has 6 heteroatoms. The van der Waals surface area contributed by atoms with Crippen molar-refractivity contribution in [3.05, 3.63) is 41.9 Å². The van der Waals surface area contributed by atoms with Gasteiger partial charge in [-0.05, 0) is 24.3 Å². The summed E-state index contributed by atoms with van der Waals surface area (Å²) in [5.74, 6) is 0.410. The highest BCUT2D eigenvalue weighted by Gasteiger charge is 2.32. The van der Waals surface area contributed by atoms with Gasteiger partial charge in [-0.15, -0.1) is 0 Å². The van der Waals surface area contributed by atoms with E-state index in [-0.39, 0.29) is 5.76 Å². The maximum Gasteiger partial charge on any atom is 0.433 e. The normalized spacial score (nSPS) is 11.5. The number of aromatic nitrogens is 1. The van der Waals surface area contributed by atoms with E-state index in [4.69, 9.17) is 4.42 Å². The van der Waals surface area contributed by atoms with Crippen LogP contribution in [0.25, 0.3) is 11.3 Å². The summed E-state index contributed by atoms with van der Waals surface area (Å²) in [5, 5.41) is 0. The van der Waals surface area contributed by atoms with Gasteiger partial charge >= 0.3 is 6.18 Å². The van der Waals surface area contributed by atoms with Gasteiger partial charge in [0.2, 0.25) is 0 Å². The number of hydrogen-bond acceptors (Lipinski definition) is 3. The number of halogens is 3. The van der Waals surface area contributed by atoms with E-state index in [1.54, 1.807) is 0 Å². The Morgan fingerprint density at radius 3 is 2.41 bits per heavy atom. The average Bonchev–Trinajstić information content (AvgIpc) is 2.76. The van der Waals surface area contributed by atoms with E-state index in [0.29, 0.717) is 17.6 Å². The molecule has 0 radical (unpaired) electrons. The lowest BCUT2D eigenvalue weighted by Crippen LogP contribution is -2.07. The summed E-state index contributed by atoms with van der Waals surface area (Å²) < 4.78 is 41.8. The first kappa shape index (κ1) is 11.4. The number of carbonyl (C=O) groups is 1. The lowest BCUT2D eigenvalue weighted by molar-refractivity contribution is -0.141. The fourth-order valence-electron chi connectivity index (χ4n) is 1.28. The lowest BCUT2D eigenvalue weighted by atomic mass is 10.2. The second kappa shape index (κ2) is 4.04. The molecule has 17 heavy (non-hydrogen) atoms. The van der Waals surface area contributed by atoms with Crippen LogP contribution < -0.4 is 0 Å². The van der Waals surface area contributed by atoms with Crippen LogP contribution in [0.1, 0.15) is 16.2 Å². The van der Waals surface area contributed by atoms with E-state index in [2.05, 4.69) is 4.98 Å². The Morgan fingerprint density at radius 1 is 1.18 bits per heavy atom. The fourth-order valence-corrected chi connectivity index (χ4v) is 1.28. The minimum atomic E-state index is -4.46. The molecule has 0 aliphatic heterocycles. The van der Waals surface area contributed by atoms with Crippen molar-refractivity contribution in [1.82, 2.24) is 4.98 Å². The predicted octanol–water partition coefficient (Wildman–Crippen LogP) is 3.17. The summed E-state index contributed by atoms with van der Waals surface area (Å²) >= 11 is 0. The minimum Gasteiger partial charge on any atom is -0.453 e. The molecule has 0 aromatic carbocycles. The number of alkyl halides is 3. The largest absolute Gasteiger partial charge is 0.453 e. The number of hydrogen-bond donors (Lipinski definition) is 0. The molecule has 0 atom stereocenters. The van der Waals surface area contributed by atoms with Gasteiger partial charge in [0.25, 0.3) is 0 Å². The fraction of sp³-hybridized carbons (Fsp3) is 0.0909. The average molecular weight is 241 g/mol. The smallest absolute Gasteiger partial charge is 0.433 e. The molecule has 0 aliphatic carbocycles. The second-order valence-corrected chi connectivity index (χ2v) is 3.25. The van der Waals surface area contributed by atoms with Gasteiger partial charge in [-0.3, -0.25) is 9.78 Å². The quantitative estimate of drug-likeness (QED) is 0.758. The Balaban J connectivity index is 2.32. The Hall–Kier alpha value is -2.11. The van der Waals surface area contributed by atoms with Crippen molar-refractivity contribution in [3.8, 4) is 11.3 Å². The molecule has 0 bridgehead atoms. The van der Waals surface area contributed by atoms with E-state index in [0.717, 1.165) is 12.3 Å². The van der Waals surface area contributed by atoms with Crippen LogP contribution in [-0.4, -0.2) is 11.3 Å². The third-order valence-electron chi connectivity index (χ3n) is 2.08. The van der Waals surface area contributed by atoms with Gasteiger partial charge < -0.3 is 4.42 Å². The molecular formula is C11H6F3NO2. The van der Waals surface area contributed by atoms with Gasteiger partial charge in [0.05, 0.1) is 0 Å². The number of furan rings is 1. The first-order valence-corrected chi connectivity index (χ1v) is 4.59. The zero-order valence-corrected chi connectivity index (χ0v) is 8.36. The number of carbonyl (C=O) groups excluding carboxylic acids is 1. The van der Waals surface area contributed by atoms with Crippen molar-refractivity contribution in [2.45, 2.75) is 6.18 Å². The van der Waals surface area contributed by atoms with E-state index in [9.17, 15) is 18.0 Å². The molecule has 0 saturated carbocycles. The minimum absolute atomic E-state index is 0.111. The molecule has 3 nitrogen and oxygen atoms in total. The molecule has 88 valence electrons. The summed E-state index contributed by atoms with van der Waals surface area (Å²) in [4.78, 5) is 13.7. The van der Waals surface area contributed by atoms with Crippen LogP contribution in [0.2, 0.25) is 0 Å². The summed E-state index contributed by atoms with van der Waals surface area (Å²) in [5.41, 5.74) is -0.588. The third kappa shape index (κ3) is 2.35. The van der Waals surface area contributed by atoms with Crippen LogP contribution in [0, 0.1) is 0 Å². The SMILES string of the molecule is O=Cc1ccc(-c2ccc(C(F)(F)F)nc2)o1. The van der Waals surface area contributed by atoms with Crippen molar-refractivity contribution in [1.29, 1.82) is 0 Å². The summed E-state index contributed by atoms with van der Waals surface area (Å²) in [7, 11) is 0. The highest BCUT2D eigenvalue weighted by atomic mass is 19.4. The molecule has 0 spiro atoms. The van der Waals surface area contributed by atoms with E-state index in [1.807, 2.05) is 0 Å². The zero-order chi connectivity index (χ0) is 12.5. The summed E-state index contributed by atoms with van der Waals surface area (Å²) in [6.45, 7) is 0. The number of nitrogens with zero attached hydrogens (tertiary/aromatic N) is 1. The highest BCUT2D eigenvalue weighted by Crippen LogP contribution is 2.29. The van der Waals surface area contributed by atoms with E-state index >= 15 is 0 Å². The van der Waals surface area contributed by atoms with Gasteiger partial charge in [-0.2, -0.15) is 13.2 Å². The Morgan fingerprint density at radius 2 is 1.94 bits per heavy atom. The molecule has 0 unspecified atom stereocenters. The number of pyridine rings is 1. The Labute approximate surface area is 93.9 Å². The molecule has 0 saturated heterocycles. The maximum absolute atomic E-state index is 12.2. The second-order valence-electron chi connectivity index (χ2n) is 3.25. The zero-order valence-electron chi connectivity index (χ0n) is 8.36. The van der Waals surface area contributed by atoms with Gasteiger partial charge in [0.15, 0.2) is 12.0 Å². The number of rotatable bonds is 2. The van der Waals surface area contributed by atoms with Crippen LogP contribution in [0.4, 0.5) is 13.2 Å². The Kier molecular flexibility index (Phi) is 2.71. The predicted molar refractivity (Wildman–Crippen MR) is 52.3 cm³/mol. The lowest BCUT2D eigenvalue weighted by Gasteiger charge is -2.05. The molecule has 0 fully saturated rings. The summed E-state index contributed by atoms with van der Waals surface area (Å²) in [6.07, 6.45) is -2.90. The molecule has 0 amide bonds. The molecule has 2 aromatic heterocycles. The van der Waals surface area contributed by atoms with Gasteiger partial charge in [0, 0.05) is 11.8 Å². The van der Waals surface area contributed by atoms with Crippen molar-refractivity contribution >= 4 is 6.29 Å². The van der Waals surface area contributed by atoms with Crippen molar-refractivity contribution in [3.63, 3.8) is 0 Å². The van der Waals surface area contributed by atoms with Crippen LogP contribution >= 0.6 is 0 Å². The first-order valence-electron chi connectivity index (χ1n) is 4.59. The molecular weight excluding hydrogens is 235 g/mol. The first-order chi connectivity index (χ1) is 8.00. The molecule has 0 aliphatic rings. The molecule has 2 rings (SSSR count). The van der Waals surface area contributed by atoms with E-state index < -0.39 is 11.9 Å².